The summed E-state index contributed by atoms with van der Waals surface area (Å²) in [6.45, 7) is 5.65. The molecule has 1 nitrogen and oxygen atoms in total. The lowest BCUT2D eigenvalue weighted by Gasteiger charge is -2.37. The van der Waals surface area contributed by atoms with Crippen LogP contribution in [-0.2, 0) is 0 Å². The van der Waals surface area contributed by atoms with Crippen LogP contribution < -0.4 is 5.32 Å². The first-order valence-corrected chi connectivity index (χ1v) is 9.40. The van der Waals surface area contributed by atoms with E-state index >= 15 is 0 Å². The summed E-state index contributed by atoms with van der Waals surface area (Å²) in [7, 11) is 0. The van der Waals surface area contributed by atoms with Crippen LogP contribution in [-0.4, -0.2) is 12.8 Å². The molecule has 0 radical (unpaired) electrons. The molecule has 1 aliphatic rings. The second kappa shape index (κ2) is 8.09. The highest BCUT2D eigenvalue weighted by molar-refractivity contribution is 7.98. The Morgan fingerprint density at radius 3 is 2.45 bits per heavy atom. The van der Waals surface area contributed by atoms with Crippen LogP contribution >= 0.6 is 11.8 Å². The summed E-state index contributed by atoms with van der Waals surface area (Å²) in [6, 6.07) is 9.75. The lowest BCUT2D eigenvalue weighted by molar-refractivity contribution is 0.176. The van der Waals surface area contributed by atoms with E-state index in [1.165, 1.54) is 42.6 Å². The van der Waals surface area contributed by atoms with Crippen LogP contribution in [0.25, 0.3) is 0 Å². The number of nitrogens with one attached hydrogen (secondary N) is 1. The topological polar surface area (TPSA) is 12.0 Å². The SMILES string of the molecule is CCNC(c1ccc(SC)cc1)C1CCCCC1CC. The summed E-state index contributed by atoms with van der Waals surface area (Å²) in [4.78, 5) is 1.36. The number of hydrogen-bond donors (Lipinski definition) is 1. The Hall–Kier alpha value is -0.470. The lowest BCUT2D eigenvalue weighted by atomic mass is 9.72. The van der Waals surface area contributed by atoms with E-state index in [0.717, 1.165) is 18.4 Å². The molecule has 1 aliphatic carbocycles. The van der Waals surface area contributed by atoms with E-state index in [9.17, 15) is 0 Å². The van der Waals surface area contributed by atoms with Gasteiger partial charge in [-0.2, -0.15) is 0 Å². The first kappa shape index (κ1) is 15.9. The maximum atomic E-state index is 3.76. The van der Waals surface area contributed by atoms with Crippen molar-refractivity contribution in [2.24, 2.45) is 11.8 Å². The lowest BCUT2D eigenvalue weighted by Crippen LogP contribution is -2.34. The van der Waals surface area contributed by atoms with Gasteiger partial charge in [0.25, 0.3) is 0 Å². The molecule has 0 bridgehead atoms. The first-order chi connectivity index (χ1) is 9.80. The largest absolute Gasteiger partial charge is 0.310 e. The Kier molecular flexibility index (Phi) is 6.44. The third-order valence-corrected chi connectivity index (χ3v) is 5.56. The van der Waals surface area contributed by atoms with Crippen molar-refractivity contribution >= 4 is 11.8 Å². The van der Waals surface area contributed by atoms with E-state index in [1.54, 1.807) is 0 Å². The summed E-state index contributed by atoms with van der Waals surface area (Å²) < 4.78 is 0. The molecular weight excluding hydrogens is 262 g/mol. The molecule has 20 heavy (non-hydrogen) atoms. The Morgan fingerprint density at radius 1 is 1.15 bits per heavy atom. The maximum Gasteiger partial charge on any atom is 0.0351 e. The van der Waals surface area contributed by atoms with Crippen LogP contribution in [0.4, 0.5) is 0 Å². The van der Waals surface area contributed by atoms with Crippen LogP contribution in [0.2, 0.25) is 0 Å². The van der Waals surface area contributed by atoms with Crippen molar-refractivity contribution < 1.29 is 0 Å². The molecule has 0 amide bonds. The monoisotopic (exact) mass is 291 g/mol. The quantitative estimate of drug-likeness (QED) is 0.716. The molecule has 112 valence electrons. The third-order valence-electron chi connectivity index (χ3n) is 4.82. The first-order valence-electron chi connectivity index (χ1n) is 8.17. The van der Waals surface area contributed by atoms with Gasteiger partial charge in [-0.05, 0) is 48.8 Å². The molecule has 1 fully saturated rings. The standard InChI is InChI=1S/C18H29NS/c1-4-14-8-6-7-9-17(14)18(19-5-2)15-10-12-16(20-3)13-11-15/h10-14,17-19H,4-9H2,1-3H3. The van der Waals surface area contributed by atoms with Gasteiger partial charge in [-0.15, -0.1) is 11.8 Å². The fourth-order valence-corrected chi connectivity index (χ4v) is 4.14. The summed E-state index contributed by atoms with van der Waals surface area (Å²) in [5.74, 6) is 1.71. The molecule has 1 N–H and O–H groups in total. The van der Waals surface area contributed by atoms with Crippen LogP contribution in [0.15, 0.2) is 29.2 Å². The second-order valence-corrected chi connectivity index (χ2v) is 6.80. The second-order valence-electron chi connectivity index (χ2n) is 5.93. The Labute approximate surface area is 128 Å². The molecule has 2 rings (SSSR count). The highest BCUT2D eigenvalue weighted by Crippen LogP contribution is 2.40. The van der Waals surface area contributed by atoms with Crippen molar-refractivity contribution in [1.29, 1.82) is 0 Å². The summed E-state index contributed by atoms with van der Waals surface area (Å²) in [6.07, 6.45) is 9.12. The summed E-state index contributed by atoms with van der Waals surface area (Å²) in [5, 5.41) is 3.76. The molecule has 0 aromatic heterocycles. The van der Waals surface area contributed by atoms with Gasteiger partial charge in [-0.3, -0.25) is 0 Å². The highest BCUT2D eigenvalue weighted by atomic mass is 32.2. The Balaban J connectivity index is 2.19. The van der Waals surface area contributed by atoms with Gasteiger partial charge in [-0.1, -0.05) is 51.7 Å². The Bertz CT molecular complexity index is 387. The van der Waals surface area contributed by atoms with Gasteiger partial charge < -0.3 is 5.32 Å². The molecule has 3 atom stereocenters. The van der Waals surface area contributed by atoms with E-state index in [0.29, 0.717) is 6.04 Å². The zero-order valence-corrected chi connectivity index (χ0v) is 14.0. The van der Waals surface area contributed by atoms with Crippen molar-refractivity contribution in [2.45, 2.75) is 56.9 Å². The van der Waals surface area contributed by atoms with E-state index in [1.807, 2.05) is 11.8 Å². The molecule has 3 unspecified atom stereocenters. The van der Waals surface area contributed by atoms with Crippen LogP contribution in [0.3, 0.4) is 0 Å². The predicted octanol–water partition coefficient (Wildman–Crippen LogP) is 5.28. The van der Waals surface area contributed by atoms with Gasteiger partial charge in [-0.25, -0.2) is 0 Å². The fraction of sp³-hybridized carbons (Fsp3) is 0.667. The Morgan fingerprint density at radius 2 is 1.85 bits per heavy atom. The van der Waals surface area contributed by atoms with Gasteiger partial charge in [0, 0.05) is 10.9 Å². The molecule has 1 aromatic carbocycles. The van der Waals surface area contributed by atoms with E-state index < -0.39 is 0 Å². The van der Waals surface area contributed by atoms with Crippen LogP contribution in [0.1, 0.15) is 57.6 Å². The average Bonchev–Trinajstić information content (AvgIpc) is 2.53. The van der Waals surface area contributed by atoms with Crippen molar-refractivity contribution in [2.75, 3.05) is 12.8 Å². The molecule has 1 aromatic rings. The van der Waals surface area contributed by atoms with Gasteiger partial charge in [0.05, 0.1) is 0 Å². The summed E-state index contributed by atoms with van der Waals surface area (Å²) in [5.41, 5.74) is 1.48. The van der Waals surface area contributed by atoms with Crippen molar-refractivity contribution in [1.82, 2.24) is 5.32 Å². The smallest absolute Gasteiger partial charge is 0.0351 e. The van der Waals surface area contributed by atoms with Gasteiger partial charge in [0.2, 0.25) is 0 Å². The zero-order chi connectivity index (χ0) is 14.4. The minimum atomic E-state index is 0.543. The summed E-state index contributed by atoms with van der Waals surface area (Å²) >= 11 is 1.82. The zero-order valence-electron chi connectivity index (χ0n) is 13.2. The molecular formula is C18H29NS. The number of thioether (sulfide) groups is 1. The normalized spacial score (nSPS) is 24.6. The number of rotatable bonds is 6. The fourth-order valence-electron chi connectivity index (χ4n) is 3.73. The minimum absolute atomic E-state index is 0.543. The molecule has 0 aliphatic heterocycles. The highest BCUT2D eigenvalue weighted by Gasteiger charge is 2.31. The molecule has 2 heteroatoms. The van der Waals surface area contributed by atoms with Crippen molar-refractivity contribution in [3.8, 4) is 0 Å². The maximum absolute atomic E-state index is 3.76. The van der Waals surface area contributed by atoms with Crippen molar-refractivity contribution in [3.63, 3.8) is 0 Å². The van der Waals surface area contributed by atoms with Gasteiger partial charge in [0.15, 0.2) is 0 Å². The minimum Gasteiger partial charge on any atom is -0.310 e. The van der Waals surface area contributed by atoms with Gasteiger partial charge in [0.1, 0.15) is 0 Å². The third kappa shape index (κ3) is 3.79. The number of hydrogen-bond acceptors (Lipinski definition) is 2. The average molecular weight is 292 g/mol. The van der Waals surface area contributed by atoms with E-state index in [2.05, 4.69) is 49.7 Å². The van der Waals surface area contributed by atoms with Gasteiger partial charge >= 0.3 is 0 Å². The molecule has 0 saturated heterocycles. The molecule has 0 spiro atoms. The van der Waals surface area contributed by atoms with Crippen LogP contribution in [0.5, 0.6) is 0 Å². The van der Waals surface area contributed by atoms with Crippen molar-refractivity contribution in [3.05, 3.63) is 29.8 Å². The predicted molar refractivity (Wildman–Crippen MR) is 90.4 cm³/mol. The van der Waals surface area contributed by atoms with E-state index in [-0.39, 0.29) is 0 Å². The molecule has 0 heterocycles. The molecule has 1 saturated carbocycles. The van der Waals surface area contributed by atoms with Crippen LogP contribution in [0, 0.1) is 11.8 Å². The number of benzene rings is 1. The van der Waals surface area contributed by atoms with E-state index in [4.69, 9.17) is 0 Å².